The van der Waals surface area contributed by atoms with E-state index in [1.54, 1.807) is 6.07 Å². The van der Waals surface area contributed by atoms with Crippen molar-refractivity contribution >= 4 is 28.4 Å². The summed E-state index contributed by atoms with van der Waals surface area (Å²) < 4.78 is 0. The molecule has 1 amide bonds. The number of hydrogen-bond donors (Lipinski definition) is 3. The number of halogens is 1. The predicted molar refractivity (Wildman–Crippen MR) is 92.2 cm³/mol. The third-order valence-corrected chi connectivity index (χ3v) is 4.04. The number of phenols is 1. The lowest BCUT2D eigenvalue weighted by molar-refractivity contribution is 0.0951. The number of benzene rings is 2. The van der Waals surface area contributed by atoms with Crippen molar-refractivity contribution in [3.63, 3.8) is 0 Å². The van der Waals surface area contributed by atoms with Gasteiger partial charge in [-0.15, -0.1) is 0 Å². The quantitative estimate of drug-likeness (QED) is 0.682. The van der Waals surface area contributed by atoms with Gasteiger partial charge in [-0.2, -0.15) is 0 Å². The number of phenolic OH excluding ortho intramolecular Hbond substituents is 1. The van der Waals surface area contributed by atoms with E-state index in [-0.39, 0.29) is 17.2 Å². The molecule has 1 aromatic heterocycles. The van der Waals surface area contributed by atoms with Crippen LogP contribution in [0, 0.1) is 6.92 Å². The van der Waals surface area contributed by atoms with Crippen LogP contribution in [-0.2, 0) is 6.42 Å². The second-order valence-electron chi connectivity index (χ2n) is 5.53. The molecule has 118 valence electrons. The fourth-order valence-corrected chi connectivity index (χ4v) is 2.77. The third kappa shape index (κ3) is 3.32. The fraction of sp³-hybridized carbons (Fsp3) is 0.167. The molecule has 0 spiro atoms. The first-order valence-electron chi connectivity index (χ1n) is 7.38. The number of nitrogens with one attached hydrogen (secondary N) is 2. The van der Waals surface area contributed by atoms with E-state index in [2.05, 4.69) is 35.4 Å². The van der Waals surface area contributed by atoms with Crippen LogP contribution in [0.1, 0.15) is 21.5 Å². The molecule has 0 saturated carbocycles. The van der Waals surface area contributed by atoms with Crippen molar-refractivity contribution < 1.29 is 9.90 Å². The van der Waals surface area contributed by atoms with Crippen LogP contribution in [0.2, 0.25) is 5.02 Å². The number of fused-ring (bicyclic) bond motifs is 1. The third-order valence-electron chi connectivity index (χ3n) is 3.81. The van der Waals surface area contributed by atoms with Crippen LogP contribution >= 0.6 is 11.6 Å². The van der Waals surface area contributed by atoms with Crippen molar-refractivity contribution in [3.8, 4) is 5.75 Å². The van der Waals surface area contributed by atoms with E-state index in [0.29, 0.717) is 18.0 Å². The summed E-state index contributed by atoms with van der Waals surface area (Å²) in [7, 11) is 0. The number of aromatic hydroxyl groups is 1. The molecule has 0 aliphatic carbocycles. The minimum atomic E-state index is -0.332. The van der Waals surface area contributed by atoms with Crippen LogP contribution in [0.5, 0.6) is 5.75 Å². The van der Waals surface area contributed by atoms with Crippen molar-refractivity contribution in [2.24, 2.45) is 0 Å². The zero-order valence-corrected chi connectivity index (χ0v) is 13.4. The highest BCUT2D eigenvalue weighted by molar-refractivity contribution is 6.31. The van der Waals surface area contributed by atoms with Crippen LogP contribution in [0.4, 0.5) is 0 Å². The van der Waals surface area contributed by atoms with Gasteiger partial charge in [0.25, 0.3) is 5.91 Å². The Kier molecular flexibility index (Phi) is 4.26. The van der Waals surface area contributed by atoms with Crippen LogP contribution in [0.25, 0.3) is 10.9 Å². The molecule has 0 atom stereocenters. The molecule has 0 aliphatic heterocycles. The van der Waals surface area contributed by atoms with Gasteiger partial charge in [0.15, 0.2) is 0 Å². The minimum absolute atomic E-state index is 0.0744. The zero-order chi connectivity index (χ0) is 16.4. The summed E-state index contributed by atoms with van der Waals surface area (Å²) in [6.45, 7) is 2.53. The Morgan fingerprint density at radius 2 is 2.09 bits per heavy atom. The van der Waals surface area contributed by atoms with Crippen LogP contribution in [-0.4, -0.2) is 22.5 Å². The van der Waals surface area contributed by atoms with Crippen LogP contribution in [0.3, 0.4) is 0 Å². The lowest BCUT2D eigenvalue weighted by atomic mass is 10.1. The van der Waals surface area contributed by atoms with Gasteiger partial charge in [0.05, 0.1) is 5.56 Å². The molecule has 0 saturated heterocycles. The van der Waals surface area contributed by atoms with Crippen molar-refractivity contribution in [1.29, 1.82) is 0 Å². The van der Waals surface area contributed by atoms with E-state index in [1.807, 2.05) is 6.20 Å². The molecule has 1 heterocycles. The van der Waals surface area contributed by atoms with E-state index < -0.39 is 0 Å². The molecule has 0 bridgehead atoms. The average Bonchev–Trinajstić information content (AvgIpc) is 2.92. The minimum Gasteiger partial charge on any atom is -0.507 e. The van der Waals surface area contributed by atoms with Crippen LogP contribution in [0.15, 0.2) is 42.6 Å². The summed E-state index contributed by atoms with van der Waals surface area (Å²) in [4.78, 5) is 15.4. The first-order chi connectivity index (χ1) is 11.0. The number of amides is 1. The Balaban J connectivity index is 1.67. The highest BCUT2D eigenvalue weighted by Gasteiger charge is 2.11. The summed E-state index contributed by atoms with van der Waals surface area (Å²) in [6.07, 6.45) is 2.67. The molecule has 3 N–H and O–H groups in total. The molecule has 0 aliphatic rings. The Bertz CT molecular complexity index is 871. The summed E-state index contributed by atoms with van der Waals surface area (Å²) in [5.74, 6) is -0.407. The first kappa shape index (κ1) is 15.4. The molecule has 5 heteroatoms. The van der Waals surface area contributed by atoms with Gasteiger partial charge in [-0.05, 0) is 49.2 Å². The summed E-state index contributed by atoms with van der Waals surface area (Å²) in [5, 5.41) is 14.1. The maximum atomic E-state index is 12.1. The van der Waals surface area contributed by atoms with E-state index in [4.69, 9.17) is 11.6 Å². The summed E-state index contributed by atoms with van der Waals surface area (Å²) in [5.41, 5.74) is 3.63. The number of H-pyrrole nitrogens is 1. The molecule has 3 aromatic rings. The van der Waals surface area contributed by atoms with Crippen molar-refractivity contribution in [1.82, 2.24) is 10.3 Å². The van der Waals surface area contributed by atoms with Gasteiger partial charge in [0.1, 0.15) is 5.75 Å². The highest BCUT2D eigenvalue weighted by atomic mass is 35.5. The smallest absolute Gasteiger partial charge is 0.255 e. The average molecular weight is 329 g/mol. The Morgan fingerprint density at radius 3 is 2.91 bits per heavy atom. The number of carbonyl (C=O) groups excluding carboxylic acids is 1. The zero-order valence-electron chi connectivity index (χ0n) is 12.7. The fourth-order valence-electron chi connectivity index (χ4n) is 2.60. The van der Waals surface area contributed by atoms with E-state index >= 15 is 0 Å². The Labute approximate surface area is 139 Å². The van der Waals surface area contributed by atoms with E-state index in [0.717, 1.165) is 11.1 Å². The standard InChI is InChI=1S/C18H17ClN2O2/c1-11-2-4-16-14(8-11)12(10-21-16)6-7-20-18(23)15-9-13(19)3-5-17(15)22/h2-5,8-10,21-22H,6-7H2,1H3,(H,20,23). The maximum absolute atomic E-state index is 12.1. The molecule has 0 unspecified atom stereocenters. The van der Waals surface area contributed by atoms with Gasteiger partial charge >= 0.3 is 0 Å². The first-order valence-corrected chi connectivity index (χ1v) is 7.76. The maximum Gasteiger partial charge on any atom is 0.255 e. The molecule has 0 radical (unpaired) electrons. The van der Waals surface area contributed by atoms with Gasteiger partial charge in [-0.1, -0.05) is 23.2 Å². The molecule has 0 fully saturated rings. The second-order valence-corrected chi connectivity index (χ2v) is 5.97. The van der Waals surface area contributed by atoms with E-state index in [1.165, 1.54) is 23.1 Å². The van der Waals surface area contributed by atoms with Gasteiger partial charge in [-0.3, -0.25) is 4.79 Å². The normalized spacial score (nSPS) is 10.9. The summed E-state index contributed by atoms with van der Waals surface area (Å²) in [6, 6.07) is 10.7. The molecule has 23 heavy (non-hydrogen) atoms. The number of aromatic nitrogens is 1. The highest BCUT2D eigenvalue weighted by Crippen LogP contribution is 2.22. The van der Waals surface area contributed by atoms with Crippen molar-refractivity contribution in [2.75, 3.05) is 6.54 Å². The molecular formula is C18H17ClN2O2. The lowest BCUT2D eigenvalue weighted by Gasteiger charge is -2.07. The molecule has 2 aromatic carbocycles. The van der Waals surface area contributed by atoms with Crippen LogP contribution < -0.4 is 5.32 Å². The molecule has 3 rings (SSSR count). The number of aromatic amines is 1. The molecular weight excluding hydrogens is 312 g/mol. The van der Waals surface area contributed by atoms with Crippen molar-refractivity contribution in [2.45, 2.75) is 13.3 Å². The number of rotatable bonds is 4. The number of hydrogen-bond acceptors (Lipinski definition) is 2. The predicted octanol–water partition coefficient (Wildman–Crippen LogP) is 3.81. The lowest BCUT2D eigenvalue weighted by Crippen LogP contribution is -2.25. The Hall–Kier alpha value is -2.46. The van der Waals surface area contributed by atoms with Crippen molar-refractivity contribution in [3.05, 3.63) is 64.3 Å². The number of carbonyl (C=O) groups is 1. The molecule has 4 nitrogen and oxygen atoms in total. The van der Waals surface area contributed by atoms with Gasteiger partial charge < -0.3 is 15.4 Å². The van der Waals surface area contributed by atoms with E-state index in [9.17, 15) is 9.90 Å². The number of aryl methyl sites for hydroxylation is 1. The Morgan fingerprint density at radius 1 is 1.26 bits per heavy atom. The second kappa shape index (κ2) is 6.34. The largest absolute Gasteiger partial charge is 0.507 e. The van der Waals surface area contributed by atoms with Gasteiger partial charge in [0.2, 0.25) is 0 Å². The van der Waals surface area contributed by atoms with Gasteiger partial charge in [0, 0.05) is 28.7 Å². The van der Waals surface area contributed by atoms with Gasteiger partial charge in [-0.25, -0.2) is 0 Å². The monoisotopic (exact) mass is 328 g/mol. The SMILES string of the molecule is Cc1ccc2[nH]cc(CCNC(=O)c3cc(Cl)ccc3O)c2c1. The summed E-state index contributed by atoms with van der Waals surface area (Å²) >= 11 is 5.86. The topological polar surface area (TPSA) is 65.1 Å².